The van der Waals surface area contributed by atoms with Gasteiger partial charge in [0.15, 0.2) is 0 Å². The summed E-state index contributed by atoms with van der Waals surface area (Å²) in [4.78, 5) is 3.92. The Hall–Kier alpha value is -2.55. The average molecular weight is 237 g/mol. The number of hydrogen-bond acceptors (Lipinski definition) is 3. The molecule has 3 aromatic rings. The summed E-state index contributed by atoms with van der Waals surface area (Å²) in [6, 6.07) is 16.7. The number of aromatic nitrogens is 1. The Kier molecular flexibility index (Phi) is 2.38. The average Bonchev–Trinajstić information content (AvgIpc) is 2.40. The van der Waals surface area contributed by atoms with Crippen LogP contribution < -0.4 is 0 Å². The lowest BCUT2D eigenvalue weighted by molar-refractivity contribution is 0.451. The van der Waals surface area contributed by atoms with Crippen LogP contribution in [0.5, 0.6) is 11.6 Å². The van der Waals surface area contributed by atoms with Gasteiger partial charge in [-0.1, -0.05) is 30.3 Å². The first-order chi connectivity index (χ1) is 8.74. The summed E-state index contributed by atoms with van der Waals surface area (Å²) in [5.74, 6) is -0.0208. The van der Waals surface area contributed by atoms with Gasteiger partial charge < -0.3 is 10.2 Å². The number of benzene rings is 2. The molecular weight excluding hydrogens is 226 g/mol. The van der Waals surface area contributed by atoms with Gasteiger partial charge in [0.05, 0.1) is 0 Å². The zero-order valence-electron chi connectivity index (χ0n) is 9.54. The molecule has 3 rings (SSSR count). The fraction of sp³-hybridized carbons (Fsp3) is 0. The number of phenols is 1. The van der Waals surface area contributed by atoms with Crippen LogP contribution >= 0.6 is 0 Å². The molecule has 3 nitrogen and oxygen atoms in total. The third kappa shape index (κ3) is 1.76. The summed E-state index contributed by atoms with van der Waals surface area (Å²) in [5, 5.41) is 20.1. The molecule has 0 radical (unpaired) electrons. The third-order valence-electron chi connectivity index (χ3n) is 2.86. The summed E-state index contributed by atoms with van der Waals surface area (Å²) < 4.78 is 0. The molecule has 0 unspecified atom stereocenters. The van der Waals surface area contributed by atoms with Crippen LogP contribution in [0.15, 0.2) is 54.6 Å². The molecule has 2 N–H and O–H groups in total. The monoisotopic (exact) mass is 237 g/mol. The number of pyridine rings is 1. The van der Waals surface area contributed by atoms with Crippen LogP contribution in [0.1, 0.15) is 0 Å². The van der Waals surface area contributed by atoms with E-state index in [0.717, 1.165) is 16.5 Å². The van der Waals surface area contributed by atoms with Crippen molar-refractivity contribution in [3.63, 3.8) is 0 Å². The lowest BCUT2D eigenvalue weighted by atomic mass is 10.0. The number of aromatic hydroxyl groups is 2. The largest absolute Gasteiger partial charge is 0.506 e. The minimum Gasteiger partial charge on any atom is -0.506 e. The van der Waals surface area contributed by atoms with E-state index in [1.807, 2.05) is 36.4 Å². The Morgan fingerprint density at radius 2 is 1.56 bits per heavy atom. The topological polar surface area (TPSA) is 53.4 Å². The first-order valence-electron chi connectivity index (χ1n) is 5.62. The van der Waals surface area contributed by atoms with Crippen molar-refractivity contribution in [3.05, 3.63) is 54.6 Å². The van der Waals surface area contributed by atoms with Gasteiger partial charge in [0.25, 0.3) is 0 Å². The zero-order chi connectivity index (χ0) is 12.5. The molecule has 18 heavy (non-hydrogen) atoms. The van der Waals surface area contributed by atoms with E-state index in [0.29, 0.717) is 5.52 Å². The molecule has 0 fully saturated rings. The summed E-state index contributed by atoms with van der Waals surface area (Å²) >= 11 is 0. The summed E-state index contributed by atoms with van der Waals surface area (Å²) in [6.45, 7) is 0. The summed E-state index contributed by atoms with van der Waals surface area (Å²) in [6.07, 6.45) is 0. The SMILES string of the molecule is Oc1ccc2cc(-c3ccccc3)cc(O)c2n1. The molecule has 1 heterocycles. The molecule has 3 heteroatoms. The molecule has 88 valence electrons. The van der Waals surface area contributed by atoms with Gasteiger partial charge in [-0.25, -0.2) is 4.98 Å². The van der Waals surface area contributed by atoms with Gasteiger partial charge in [-0.15, -0.1) is 0 Å². The standard InChI is InChI=1S/C15H11NO2/c17-13-9-12(10-4-2-1-3-5-10)8-11-6-7-14(18)16-15(11)13/h1-9,17H,(H,16,18). The first-order valence-corrected chi connectivity index (χ1v) is 5.62. The van der Waals surface area contributed by atoms with E-state index >= 15 is 0 Å². The number of phenolic OH excluding ortho intramolecular Hbond substituents is 1. The smallest absolute Gasteiger partial charge is 0.211 e. The second-order valence-corrected chi connectivity index (χ2v) is 4.10. The Balaban J connectivity index is 2.25. The molecule has 0 saturated heterocycles. The van der Waals surface area contributed by atoms with Gasteiger partial charge in [0, 0.05) is 11.5 Å². The fourth-order valence-electron chi connectivity index (χ4n) is 2.00. The van der Waals surface area contributed by atoms with Gasteiger partial charge in [0.1, 0.15) is 11.3 Å². The van der Waals surface area contributed by atoms with Crippen molar-refractivity contribution >= 4 is 10.9 Å². The lowest BCUT2D eigenvalue weighted by Crippen LogP contribution is -1.83. The molecule has 1 aromatic heterocycles. The molecular formula is C15H11NO2. The Morgan fingerprint density at radius 3 is 2.33 bits per heavy atom. The highest BCUT2D eigenvalue weighted by atomic mass is 16.3. The minimum atomic E-state index is -0.0924. The van der Waals surface area contributed by atoms with Crippen molar-refractivity contribution < 1.29 is 10.2 Å². The Morgan fingerprint density at radius 1 is 0.778 bits per heavy atom. The van der Waals surface area contributed by atoms with Crippen molar-refractivity contribution in [3.8, 4) is 22.8 Å². The molecule has 2 aromatic carbocycles. The second-order valence-electron chi connectivity index (χ2n) is 4.10. The van der Waals surface area contributed by atoms with Gasteiger partial charge in [-0.2, -0.15) is 0 Å². The maximum Gasteiger partial charge on any atom is 0.211 e. The van der Waals surface area contributed by atoms with E-state index in [9.17, 15) is 10.2 Å². The number of rotatable bonds is 1. The maximum atomic E-state index is 9.96. The summed E-state index contributed by atoms with van der Waals surface area (Å²) in [5.41, 5.74) is 2.37. The number of hydrogen-bond donors (Lipinski definition) is 2. The van der Waals surface area contributed by atoms with E-state index < -0.39 is 0 Å². The number of fused-ring (bicyclic) bond motifs is 1. The van der Waals surface area contributed by atoms with E-state index in [1.54, 1.807) is 12.1 Å². The van der Waals surface area contributed by atoms with E-state index in [4.69, 9.17) is 0 Å². The second kappa shape index (κ2) is 4.04. The highest BCUT2D eigenvalue weighted by molar-refractivity contribution is 5.89. The van der Waals surface area contributed by atoms with E-state index in [-0.39, 0.29) is 11.6 Å². The highest BCUT2D eigenvalue weighted by Crippen LogP contribution is 2.31. The molecule has 0 atom stereocenters. The highest BCUT2D eigenvalue weighted by Gasteiger charge is 2.06. The molecule has 0 aliphatic carbocycles. The van der Waals surface area contributed by atoms with Crippen molar-refractivity contribution in [1.82, 2.24) is 4.98 Å². The Bertz CT molecular complexity index is 708. The van der Waals surface area contributed by atoms with Crippen LogP contribution in [0.3, 0.4) is 0 Å². The normalized spacial score (nSPS) is 10.7. The third-order valence-corrected chi connectivity index (χ3v) is 2.86. The van der Waals surface area contributed by atoms with Crippen LogP contribution in [0.2, 0.25) is 0 Å². The maximum absolute atomic E-state index is 9.96. The van der Waals surface area contributed by atoms with Crippen molar-refractivity contribution in [2.24, 2.45) is 0 Å². The molecule has 0 spiro atoms. The van der Waals surface area contributed by atoms with E-state index in [1.165, 1.54) is 6.07 Å². The van der Waals surface area contributed by atoms with Crippen LogP contribution in [-0.4, -0.2) is 15.2 Å². The van der Waals surface area contributed by atoms with Crippen LogP contribution in [0.4, 0.5) is 0 Å². The van der Waals surface area contributed by atoms with Crippen molar-refractivity contribution in [1.29, 1.82) is 0 Å². The lowest BCUT2D eigenvalue weighted by Gasteiger charge is -2.06. The van der Waals surface area contributed by atoms with E-state index in [2.05, 4.69) is 4.98 Å². The molecule has 0 saturated carbocycles. The molecule has 0 amide bonds. The first kappa shape index (κ1) is 10.6. The fourth-order valence-corrected chi connectivity index (χ4v) is 2.00. The molecule has 0 bridgehead atoms. The van der Waals surface area contributed by atoms with Crippen LogP contribution in [-0.2, 0) is 0 Å². The predicted molar refractivity (Wildman–Crippen MR) is 70.5 cm³/mol. The van der Waals surface area contributed by atoms with Gasteiger partial charge in [0.2, 0.25) is 5.88 Å². The van der Waals surface area contributed by atoms with Crippen molar-refractivity contribution in [2.75, 3.05) is 0 Å². The number of nitrogens with zero attached hydrogens (tertiary/aromatic N) is 1. The zero-order valence-corrected chi connectivity index (χ0v) is 9.54. The van der Waals surface area contributed by atoms with Crippen LogP contribution in [0.25, 0.3) is 22.0 Å². The van der Waals surface area contributed by atoms with Crippen molar-refractivity contribution in [2.45, 2.75) is 0 Å². The molecule has 0 aliphatic rings. The van der Waals surface area contributed by atoms with Crippen LogP contribution in [0, 0.1) is 0 Å². The molecule has 0 aliphatic heterocycles. The summed E-state index contributed by atoms with van der Waals surface area (Å²) in [7, 11) is 0. The quantitative estimate of drug-likeness (QED) is 0.682. The minimum absolute atomic E-state index is 0.0715. The van der Waals surface area contributed by atoms with Gasteiger partial charge in [-0.05, 0) is 29.3 Å². The van der Waals surface area contributed by atoms with Gasteiger partial charge in [-0.3, -0.25) is 0 Å². The Labute approximate surface area is 104 Å². The van der Waals surface area contributed by atoms with Gasteiger partial charge >= 0.3 is 0 Å². The predicted octanol–water partition coefficient (Wildman–Crippen LogP) is 3.31.